The maximum absolute atomic E-state index is 11.7. The zero-order valence-electron chi connectivity index (χ0n) is 16.9. The molecule has 30 heavy (non-hydrogen) atoms. The van der Waals surface area contributed by atoms with E-state index in [0.717, 1.165) is 61.9 Å². The molecule has 2 amide bonds. The van der Waals surface area contributed by atoms with E-state index in [1.807, 2.05) is 19.2 Å². The minimum Gasteiger partial charge on any atom is -0.310 e. The van der Waals surface area contributed by atoms with Crippen LogP contribution in [0.15, 0.2) is 35.5 Å². The fourth-order valence-electron chi connectivity index (χ4n) is 3.94. The number of nitrogens with zero attached hydrogens (tertiary/aromatic N) is 3. The molecule has 0 spiro atoms. The maximum Gasteiger partial charge on any atom is 0.290 e. The highest BCUT2D eigenvalue weighted by molar-refractivity contribution is 8.18. The number of nitrogens with one attached hydrogen (secondary N) is 2. The molecule has 2 fully saturated rings. The van der Waals surface area contributed by atoms with Gasteiger partial charge in [-0.3, -0.25) is 19.9 Å². The van der Waals surface area contributed by atoms with Crippen molar-refractivity contribution < 1.29 is 9.59 Å². The zero-order valence-corrected chi connectivity index (χ0v) is 17.7. The Balaban J connectivity index is 1.28. The highest BCUT2D eigenvalue weighted by Crippen LogP contribution is 2.28. The molecule has 3 heterocycles. The van der Waals surface area contributed by atoms with Crippen molar-refractivity contribution in [2.45, 2.75) is 51.6 Å². The van der Waals surface area contributed by atoms with E-state index in [9.17, 15) is 9.59 Å². The summed E-state index contributed by atoms with van der Waals surface area (Å²) in [5, 5.41) is 5.59. The lowest BCUT2D eigenvalue weighted by molar-refractivity contribution is -0.115. The van der Waals surface area contributed by atoms with Gasteiger partial charge in [0.05, 0.1) is 10.6 Å². The van der Waals surface area contributed by atoms with Crippen molar-refractivity contribution >= 4 is 29.0 Å². The SMILES string of the molecule is Cc1ncccc1CNC1CCC(Cc2nccc(/C=C3\SC(=O)NC3=O)n2)CC1. The van der Waals surface area contributed by atoms with Gasteiger partial charge in [-0.1, -0.05) is 6.07 Å². The van der Waals surface area contributed by atoms with Gasteiger partial charge < -0.3 is 5.32 Å². The van der Waals surface area contributed by atoms with Gasteiger partial charge in [-0.25, -0.2) is 9.97 Å². The van der Waals surface area contributed by atoms with Gasteiger partial charge in [-0.2, -0.15) is 0 Å². The number of pyridine rings is 1. The number of amides is 2. The molecule has 4 rings (SSSR count). The first-order valence-electron chi connectivity index (χ1n) is 10.3. The van der Waals surface area contributed by atoms with E-state index in [1.54, 1.807) is 18.3 Å². The summed E-state index contributed by atoms with van der Waals surface area (Å²) in [5.74, 6) is 0.996. The molecule has 156 valence electrons. The first-order chi connectivity index (χ1) is 14.6. The summed E-state index contributed by atoms with van der Waals surface area (Å²) in [4.78, 5) is 36.7. The standard InChI is InChI=1S/C22H25N5O2S/c1-14-16(3-2-9-23-14)13-25-17-6-4-15(5-7-17)11-20-24-10-8-18(26-20)12-19-21(28)27-22(29)30-19/h2-3,8-10,12,15,17,25H,4-7,11,13H2,1H3,(H,27,28,29)/b19-12-. The van der Waals surface area contributed by atoms with Crippen LogP contribution in [0.5, 0.6) is 0 Å². The van der Waals surface area contributed by atoms with Crippen molar-refractivity contribution in [2.24, 2.45) is 5.92 Å². The van der Waals surface area contributed by atoms with E-state index in [-0.39, 0.29) is 11.1 Å². The molecule has 2 aromatic heterocycles. The van der Waals surface area contributed by atoms with Crippen LogP contribution in [0, 0.1) is 12.8 Å². The lowest BCUT2D eigenvalue weighted by Gasteiger charge is -2.29. The Morgan fingerprint density at radius 2 is 2.00 bits per heavy atom. The number of hydrogen-bond acceptors (Lipinski definition) is 7. The molecule has 1 saturated carbocycles. The summed E-state index contributed by atoms with van der Waals surface area (Å²) < 4.78 is 0. The first kappa shape index (κ1) is 20.7. The Hall–Kier alpha value is -2.58. The second kappa shape index (κ2) is 9.49. The monoisotopic (exact) mass is 423 g/mol. The van der Waals surface area contributed by atoms with Gasteiger partial charge >= 0.3 is 0 Å². The zero-order chi connectivity index (χ0) is 20.9. The van der Waals surface area contributed by atoms with Crippen LogP contribution in [-0.4, -0.2) is 32.1 Å². The van der Waals surface area contributed by atoms with E-state index < -0.39 is 0 Å². The lowest BCUT2D eigenvalue weighted by atomic mass is 9.84. The topological polar surface area (TPSA) is 96.9 Å². The van der Waals surface area contributed by atoms with Gasteiger partial charge in [0.25, 0.3) is 11.1 Å². The molecular weight excluding hydrogens is 398 g/mol. The van der Waals surface area contributed by atoms with Crippen LogP contribution in [0.1, 0.15) is 48.5 Å². The molecule has 7 nitrogen and oxygen atoms in total. The van der Waals surface area contributed by atoms with Gasteiger partial charge in [-0.15, -0.1) is 0 Å². The van der Waals surface area contributed by atoms with Gasteiger partial charge in [0, 0.05) is 37.1 Å². The molecule has 1 aliphatic heterocycles. The smallest absolute Gasteiger partial charge is 0.290 e. The third kappa shape index (κ3) is 5.31. The van der Waals surface area contributed by atoms with Crippen LogP contribution >= 0.6 is 11.8 Å². The van der Waals surface area contributed by atoms with Gasteiger partial charge in [0.15, 0.2) is 0 Å². The minimum atomic E-state index is -0.363. The van der Waals surface area contributed by atoms with Crippen molar-refractivity contribution in [1.82, 2.24) is 25.6 Å². The van der Waals surface area contributed by atoms with Crippen LogP contribution in [-0.2, 0) is 17.8 Å². The molecule has 8 heteroatoms. The number of hydrogen-bond donors (Lipinski definition) is 2. The second-order valence-corrected chi connectivity index (χ2v) is 8.82. The normalized spacial score (nSPS) is 23.0. The third-order valence-electron chi connectivity index (χ3n) is 5.66. The summed E-state index contributed by atoms with van der Waals surface area (Å²) >= 11 is 0.904. The van der Waals surface area contributed by atoms with Crippen LogP contribution < -0.4 is 10.6 Å². The molecule has 0 aromatic carbocycles. The van der Waals surface area contributed by atoms with Gasteiger partial charge in [-0.05, 0) is 74.1 Å². The molecule has 0 bridgehead atoms. The number of aromatic nitrogens is 3. The summed E-state index contributed by atoms with van der Waals surface area (Å²) in [6.45, 7) is 2.91. The molecule has 2 N–H and O–H groups in total. The average Bonchev–Trinajstić information content (AvgIpc) is 3.05. The van der Waals surface area contributed by atoms with Crippen LogP contribution in [0.4, 0.5) is 4.79 Å². The Bertz CT molecular complexity index is 970. The fraction of sp³-hybridized carbons (Fsp3) is 0.409. The van der Waals surface area contributed by atoms with Crippen molar-refractivity contribution in [2.75, 3.05) is 0 Å². The molecule has 0 unspecified atom stereocenters. The van der Waals surface area contributed by atoms with Crippen molar-refractivity contribution in [3.05, 3.63) is 58.3 Å². The highest BCUT2D eigenvalue weighted by Gasteiger charge is 2.25. The van der Waals surface area contributed by atoms with Crippen molar-refractivity contribution in [1.29, 1.82) is 0 Å². The predicted octanol–water partition coefficient (Wildman–Crippen LogP) is 3.40. The van der Waals surface area contributed by atoms with Crippen LogP contribution in [0.25, 0.3) is 6.08 Å². The lowest BCUT2D eigenvalue weighted by Crippen LogP contribution is -2.33. The second-order valence-electron chi connectivity index (χ2n) is 7.80. The average molecular weight is 424 g/mol. The summed E-state index contributed by atoms with van der Waals surface area (Å²) in [7, 11) is 0. The number of imide groups is 1. The largest absolute Gasteiger partial charge is 0.310 e. The fourth-order valence-corrected chi connectivity index (χ4v) is 4.60. The molecule has 1 saturated heterocycles. The highest BCUT2D eigenvalue weighted by atomic mass is 32.2. The number of carbonyl (C=O) groups is 2. The molecule has 2 aromatic rings. The third-order valence-corrected chi connectivity index (χ3v) is 6.47. The Morgan fingerprint density at radius 3 is 2.73 bits per heavy atom. The van der Waals surface area contributed by atoms with Crippen LogP contribution in [0.2, 0.25) is 0 Å². The molecular formula is C22H25N5O2S. The molecule has 2 aliphatic rings. The van der Waals surface area contributed by atoms with E-state index in [1.165, 1.54) is 5.56 Å². The Labute approximate surface area is 180 Å². The van der Waals surface area contributed by atoms with Gasteiger partial charge in [0.2, 0.25) is 0 Å². The predicted molar refractivity (Wildman–Crippen MR) is 116 cm³/mol. The molecule has 0 atom stereocenters. The number of thioether (sulfide) groups is 1. The molecule has 1 aliphatic carbocycles. The summed E-state index contributed by atoms with van der Waals surface area (Å²) in [5.41, 5.74) is 3.01. The number of aryl methyl sites for hydroxylation is 1. The van der Waals surface area contributed by atoms with E-state index in [0.29, 0.717) is 22.6 Å². The number of carbonyl (C=O) groups excluding carboxylic acids is 2. The van der Waals surface area contributed by atoms with Crippen molar-refractivity contribution in [3.63, 3.8) is 0 Å². The van der Waals surface area contributed by atoms with E-state index >= 15 is 0 Å². The maximum atomic E-state index is 11.7. The van der Waals surface area contributed by atoms with E-state index in [2.05, 4.69) is 31.7 Å². The van der Waals surface area contributed by atoms with Gasteiger partial charge in [0.1, 0.15) is 5.82 Å². The Kier molecular flexibility index (Phi) is 6.54. The van der Waals surface area contributed by atoms with Crippen LogP contribution in [0.3, 0.4) is 0 Å². The number of rotatable bonds is 6. The molecule has 0 radical (unpaired) electrons. The quantitative estimate of drug-likeness (QED) is 0.687. The summed E-state index contributed by atoms with van der Waals surface area (Å²) in [6.07, 6.45) is 10.6. The van der Waals surface area contributed by atoms with Crippen molar-refractivity contribution in [3.8, 4) is 0 Å². The Morgan fingerprint density at radius 1 is 1.17 bits per heavy atom. The summed E-state index contributed by atoms with van der Waals surface area (Å²) in [6, 6.07) is 6.41. The van der Waals surface area contributed by atoms with E-state index in [4.69, 9.17) is 0 Å². The minimum absolute atomic E-state index is 0.343. The first-order valence-corrected chi connectivity index (χ1v) is 11.1.